The fourth-order valence-corrected chi connectivity index (χ4v) is 0.938. The molecule has 0 rings (SSSR count). The maximum Gasteiger partial charge on any atom is 0.409 e. The van der Waals surface area contributed by atoms with Gasteiger partial charge in [-0.1, -0.05) is 0 Å². The van der Waals surface area contributed by atoms with Crippen molar-refractivity contribution in [1.29, 1.82) is 0 Å². The fraction of sp³-hybridized carbons (Fsp3) is 1.00. The highest BCUT2D eigenvalue weighted by atomic mass is 28.3. The predicted octanol–water partition coefficient (Wildman–Crippen LogP) is -0.695. The Morgan fingerprint density at radius 1 is 1.67 bits per heavy atom. The molecule has 0 atom stereocenters. The molecule has 0 aliphatic carbocycles. The van der Waals surface area contributed by atoms with E-state index >= 15 is 0 Å². The highest BCUT2D eigenvalue weighted by Gasteiger charge is 1.81. The molecule has 2 nitrogen and oxygen atoms in total. The van der Waals surface area contributed by atoms with E-state index in [1.807, 2.05) is 6.55 Å². The summed E-state index contributed by atoms with van der Waals surface area (Å²) >= 11 is 0. The van der Waals surface area contributed by atoms with Gasteiger partial charge in [-0.3, -0.25) is 0 Å². The van der Waals surface area contributed by atoms with Crippen LogP contribution in [0, 0.1) is 0 Å². The first-order valence-corrected chi connectivity index (χ1v) is 3.95. The summed E-state index contributed by atoms with van der Waals surface area (Å²) in [5.74, 6) is 0. The van der Waals surface area contributed by atoms with Crippen molar-refractivity contribution in [2.75, 3.05) is 0 Å². The molecule has 5 heteroatoms. The summed E-state index contributed by atoms with van der Waals surface area (Å²) in [4.78, 5) is 0. The smallest absolute Gasteiger partial charge is 0.409 e. The van der Waals surface area contributed by atoms with Crippen LogP contribution in [0.4, 0.5) is 0 Å². The van der Waals surface area contributed by atoms with Gasteiger partial charge in [-0.05, 0) is 6.55 Å². The van der Waals surface area contributed by atoms with Crippen molar-refractivity contribution in [3.8, 4) is 0 Å². The minimum atomic E-state index is 0.141. The van der Waals surface area contributed by atoms with Crippen molar-refractivity contribution in [3.63, 3.8) is 0 Å². The van der Waals surface area contributed by atoms with Crippen LogP contribution in [0.25, 0.3) is 0 Å². The lowest BCUT2D eigenvalue weighted by Crippen LogP contribution is -2.02. The van der Waals surface area contributed by atoms with Crippen molar-refractivity contribution >= 4 is 30.3 Å². The van der Waals surface area contributed by atoms with Crippen molar-refractivity contribution < 1.29 is 8.23 Å². The van der Waals surface area contributed by atoms with Gasteiger partial charge in [-0.15, -0.1) is 0 Å². The van der Waals surface area contributed by atoms with Crippen LogP contribution in [0.3, 0.4) is 0 Å². The van der Waals surface area contributed by atoms with E-state index in [4.69, 9.17) is 4.12 Å². The first-order chi connectivity index (χ1) is 2.91. The third-order valence-electron chi connectivity index (χ3n) is 0.185. The summed E-state index contributed by atoms with van der Waals surface area (Å²) in [5.41, 5.74) is 0. The standard InChI is InChI=1S/CH3O2Si3/c1-5-3-6-2-4/h1H3. The maximum atomic E-state index is 4.77. The molecule has 0 saturated heterocycles. The van der Waals surface area contributed by atoms with Crippen LogP contribution >= 0.6 is 0 Å². The molecule has 0 fully saturated rings. The maximum absolute atomic E-state index is 4.77. The number of hydrogen-bond donors (Lipinski definition) is 0. The summed E-state index contributed by atoms with van der Waals surface area (Å²) in [6, 6.07) is 0. The monoisotopic (exact) mass is 131 g/mol. The second-order valence-corrected chi connectivity index (χ2v) is 2.70. The SMILES string of the molecule is C[Si]O[Si]O[Si]. The van der Waals surface area contributed by atoms with Crippen molar-refractivity contribution in [2.24, 2.45) is 0 Å². The molecule has 7 radical (unpaired) electrons. The van der Waals surface area contributed by atoms with Gasteiger partial charge in [0.2, 0.25) is 20.2 Å². The Hall–Kier alpha value is 0.571. The van der Waals surface area contributed by atoms with Crippen LogP contribution in [0.5, 0.6) is 0 Å². The fourth-order valence-electron chi connectivity index (χ4n) is 0.0625. The van der Waals surface area contributed by atoms with E-state index in [-0.39, 0.29) is 10.0 Å². The molecular weight excluding hydrogens is 128 g/mol. The molecule has 0 aromatic heterocycles. The summed E-state index contributed by atoms with van der Waals surface area (Å²) in [6.45, 7) is 1.94. The molecule has 0 amide bonds. The topological polar surface area (TPSA) is 18.5 Å². The molecule has 0 heterocycles. The molecule has 0 aromatic rings. The second kappa shape index (κ2) is 5.57. The average Bonchev–Trinajstić information content (AvgIpc) is 1.61. The Kier molecular flexibility index (Phi) is 6.10. The Balaban J connectivity index is 2.34. The Labute approximate surface area is 45.8 Å². The highest BCUT2D eigenvalue weighted by Crippen LogP contribution is 1.61. The lowest BCUT2D eigenvalue weighted by Gasteiger charge is -1.88. The molecule has 0 bridgehead atoms. The number of rotatable bonds is 3. The Bertz CT molecular complexity index is 20.8. The highest BCUT2D eigenvalue weighted by molar-refractivity contribution is 6.40. The predicted molar refractivity (Wildman–Crippen MR) is 25.3 cm³/mol. The van der Waals surface area contributed by atoms with E-state index in [9.17, 15) is 0 Å². The van der Waals surface area contributed by atoms with Crippen molar-refractivity contribution in [2.45, 2.75) is 6.55 Å². The molecule has 0 N–H and O–H groups in total. The first kappa shape index (κ1) is 6.57. The summed E-state index contributed by atoms with van der Waals surface area (Å²) in [5, 5.41) is 0. The normalized spacial score (nSPS) is 9.00. The summed E-state index contributed by atoms with van der Waals surface area (Å²) < 4.78 is 9.17. The van der Waals surface area contributed by atoms with Crippen LogP contribution in [0.2, 0.25) is 6.55 Å². The molecule has 6 heavy (non-hydrogen) atoms. The largest absolute Gasteiger partial charge is 0.435 e. The van der Waals surface area contributed by atoms with Gasteiger partial charge in [0.15, 0.2) is 0 Å². The third kappa shape index (κ3) is 4.57. The molecule has 0 spiro atoms. The minimum absolute atomic E-state index is 0.141. The van der Waals surface area contributed by atoms with E-state index in [1.54, 1.807) is 0 Å². The molecular formula is CH3O2Si3. The van der Waals surface area contributed by atoms with Gasteiger partial charge in [0.05, 0.1) is 0 Å². The van der Waals surface area contributed by atoms with Crippen molar-refractivity contribution in [1.82, 2.24) is 0 Å². The Morgan fingerprint density at radius 2 is 2.33 bits per heavy atom. The lowest BCUT2D eigenvalue weighted by atomic mass is 11.9. The number of hydrogen-bond acceptors (Lipinski definition) is 2. The van der Waals surface area contributed by atoms with Crippen LogP contribution in [0.1, 0.15) is 0 Å². The van der Waals surface area contributed by atoms with Gasteiger partial charge in [0.1, 0.15) is 0 Å². The van der Waals surface area contributed by atoms with E-state index in [0.717, 1.165) is 0 Å². The summed E-state index contributed by atoms with van der Waals surface area (Å²) in [6.07, 6.45) is 0. The zero-order chi connectivity index (χ0) is 4.83. The molecule has 0 saturated carbocycles. The zero-order valence-corrected chi connectivity index (χ0v) is 6.32. The van der Waals surface area contributed by atoms with Gasteiger partial charge in [-0.2, -0.15) is 0 Å². The quantitative estimate of drug-likeness (QED) is 0.373. The van der Waals surface area contributed by atoms with E-state index in [1.165, 1.54) is 0 Å². The van der Waals surface area contributed by atoms with Crippen LogP contribution < -0.4 is 0 Å². The Morgan fingerprint density at radius 3 is 2.50 bits per heavy atom. The molecule has 31 valence electrons. The molecule has 0 unspecified atom stereocenters. The van der Waals surface area contributed by atoms with Gasteiger partial charge in [0, 0.05) is 0 Å². The van der Waals surface area contributed by atoms with Gasteiger partial charge < -0.3 is 8.23 Å². The van der Waals surface area contributed by atoms with Gasteiger partial charge in [-0.25, -0.2) is 0 Å². The van der Waals surface area contributed by atoms with E-state index < -0.39 is 0 Å². The zero-order valence-electron chi connectivity index (χ0n) is 3.32. The lowest BCUT2D eigenvalue weighted by molar-refractivity contribution is 0.505. The molecule has 0 aliphatic heterocycles. The van der Waals surface area contributed by atoms with E-state index in [0.29, 0.717) is 9.76 Å². The molecule has 0 aromatic carbocycles. The van der Waals surface area contributed by atoms with Crippen LogP contribution in [-0.4, -0.2) is 30.3 Å². The minimum Gasteiger partial charge on any atom is -0.435 e. The average molecular weight is 131 g/mol. The second-order valence-electron chi connectivity index (χ2n) is 0.492. The van der Waals surface area contributed by atoms with E-state index in [2.05, 4.69) is 14.6 Å². The third-order valence-corrected chi connectivity index (χ3v) is 1.67. The summed E-state index contributed by atoms with van der Waals surface area (Å²) in [7, 11) is 3.45. The molecule has 0 aliphatic rings. The van der Waals surface area contributed by atoms with Crippen molar-refractivity contribution in [3.05, 3.63) is 0 Å². The van der Waals surface area contributed by atoms with Gasteiger partial charge >= 0.3 is 10.0 Å². The van der Waals surface area contributed by atoms with Crippen LogP contribution in [0.15, 0.2) is 0 Å². The van der Waals surface area contributed by atoms with Gasteiger partial charge in [0.25, 0.3) is 0 Å². The van der Waals surface area contributed by atoms with Crippen LogP contribution in [-0.2, 0) is 8.23 Å². The first-order valence-electron chi connectivity index (χ1n) is 1.32.